The van der Waals surface area contributed by atoms with Gasteiger partial charge in [-0.15, -0.1) is 0 Å². The molecule has 5 nitrogen and oxygen atoms in total. The minimum absolute atomic E-state index is 0.0146. The fraction of sp³-hybridized carbons (Fsp3) is 0.950. The van der Waals surface area contributed by atoms with Crippen molar-refractivity contribution >= 4 is 16.0 Å². The predicted octanol–water partition coefficient (Wildman–Crippen LogP) is 5.20. The molecule has 156 valence electrons. The number of nitrogens with zero attached hydrogens (tertiary/aromatic N) is 1. The monoisotopic (exact) mass is 391 g/mol. The van der Waals surface area contributed by atoms with Crippen LogP contribution in [0.3, 0.4) is 0 Å². The van der Waals surface area contributed by atoms with E-state index in [1.165, 1.54) is 75.5 Å². The number of amides is 1. The van der Waals surface area contributed by atoms with Crippen LogP contribution in [-0.4, -0.2) is 42.6 Å². The van der Waals surface area contributed by atoms with E-state index < -0.39 is 10.1 Å². The third-order valence-corrected chi connectivity index (χ3v) is 5.55. The first kappa shape index (κ1) is 25.4. The molecular formula is C20H41NO4S. The summed E-state index contributed by atoms with van der Waals surface area (Å²) in [5.74, 6) is -0.398. The van der Waals surface area contributed by atoms with Gasteiger partial charge in [0.2, 0.25) is 5.91 Å². The number of hydrogen-bond acceptors (Lipinski definition) is 3. The van der Waals surface area contributed by atoms with Crippen molar-refractivity contribution in [2.75, 3.05) is 18.8 Å². The summed E-state index contributed by atoms with van der Waals surface area (Å²) in [6.45, 7) is 4.63. The molecule has 0 saturated carbocycles. The zero-order valence-corrected chi connectivity index (χ0v) is 17.9. The van der Waals surface area contributed by atoms with Crippen LogP contribution in [0.2, 0.25) is 0 Å². The lowest BCUT2D eigenvalue weighted by molar-refractivity contribution is -0.130. The zero-order chi connectivity index (χ0) is 19.7. The van der Waals surface area contributed by atoms with Crippen LogP contribution < -0.4 is 0 Å². The molecule has 0 aliphatic heterocycles. The first-order valence-electron chi connectivity index (χ1n) is 10.6. The molecule has 0 atom stereocenters. The van der Waals surface area contributed by atoms with Crippen molar-refractivity contribution < 1.29 is 17.8 Å². The minimum atomic E-state index is -4.01. The Hall–Kier alpha value is -0.620. The lowest BCUT2D eigenvalue weighted by Gasteiger charge is -2.20. The minimum Gasteiger partial charge on any atom is -0.342 e. The first-order valence-corrected chi connectivity index (χ1v) is 12.2. The van der Waals surface area contributed by atoms with E-state index >= 15 is 0 Å². The SMILES string of the molecule is CCCCCCCCCCCCCCCC(=O)N(CC)CCS(=O)(=O)O. The molecule has 6 heteroatoms. The number of hydrogen-bond donors (Lipinski definition) is 1. The summed E-state index contributed by atoms with van der Waals surface area (Å²) < 4.78 is 30.3. The second-order valence-electron chi connectivity index (χ2n) is 7.25. The first-order chi connectivity index (χ1) is 12.4. The highest BCUT2D eigenvalue weighted by Crippen LogP contribution is 2.13. The Kier molecular flexibility index (Phi) is 16.2. The zero-order valence-electron chi connectivity index (χ0n) is 17.0. The maximum atomic E-state index is 12.0. The average molecular weight is 392 g/mol. The molecule has 0 aromatic rings. The van der Waals surface area contributed by atoms with Crippen LogP contribution >= 0.6 is 0 Å². The van der Waals surface area contributed by atoms with E-state index in [-0.39, 0.29) is 18.2 Å². The van der Waals surface area contributed by atoms with Crippen molar-refractivity contribution in [1.82, 2.24) is 4.90 Å². The fourth-order valence-electron chi connectivity index (χ4n) is 3.14. The summed E-state index contributed by atoms with van der Waals surface area (Å²) in [4.78, 5) is 13.6. The molecule has 0 radical (unpaired) electrons. The summed E-state index contributed by atoms with van der Waals surface area (Å²) in [6.07, 6.45) is 17.0. The van der Waals surface area contributed by atoms with E-state index in [9.17, 15) is 13.2 Å². The van der Waals surface area contributed by atoms with Crippen molar-refractivity contribution in [3.05, 3.63) is 0 Å². The van der Waals surface area contributed by atoms with Crippen molar-refractivity contribution in [2.45, 2.75) is 104 Å². The number of carbonyl (C=O) groups excluding carboxylic acids is 1. The molecule has 0 spiro atoms. The average Bonchev–Trinajstić information content (AvgIpc) is 2.58. The van der Waals surface area contributed by atoms with Crippen molar-refractivity contribution in [1.29, 1.82) is 0 Å². The van der Waals surface area contributed by atoms with Crippen LogP contribution in [0.15, 0.2) is 0 Å². The van der Waals surface area contributed by atoms with Crippen LogP contribution in [-0.2, 0) is 14.9 Å². The molecular weight excluding hydrogens is 350 g/mol. The van der Waals surface area contributed by atoms with Gasteiger partial charge in [0.05, 0.1) is 5.75 Å². The lowest BCUT2D eigenvalue weighted by Crippen LogP contribution is -2.34. The molecule has 1 N–H and O–H groups in total. The van der Waals surface area contributed by atoms with E-state index in [1.807, 2.05) is 6.92 Å². The molecule has 0 rings (SSSR count). The molecule has 0 heterocycles. The van der Waals surface area contributed by atoms with Crippen molar-refractivity contribution in [3.63, 3.8) is 0 Å². The Labute approximate surface area is 161 Å². The lowest BCUT2D eigenvalue weighted by atomic mass is 10.0. The predicted molar refractivity (Wildman–Crippen MR) is 109 cm³/mol. The maximum absolute atomic E-state index is 12.0. The Morgan fingerprint density at radius 3 is 1.58 bits per heavy atom. The highest BCUT2D eigenvalue weighted by Gasteiger charge is 2.14. The maximum Gasteiger partial charge on any atom is 0.266 e. The van der Waals surface area contributed by atoms with Crippen LogP contribution in [0.1, 0.15) is 104 Å². The van der Waals surface area contributed by atoms with Crippen LogP contribution in [0, 0.1) is 0 Å². The van der Waals surface area contributed by atoms with Crippen LogP contribution in [0.5, 0.6) is 0 Å². The van der Waals surface area contributed by atoms with E-state index in [4.69, 9.17) is 4.55 Å². The van der Waals surface area contributed by atoms with Gasteiger partial charge in [0, 0.05) is 19.5 Å². The summed E-state index contributed by atoms with van der Waals surface area (Å²) in [6, 6.07) is 0. The van der Waals surface area contributed by atoms with Gasteiger partial charge in [-0.25, -0.2) is 0 Å². The Morgan fingerprint density at radius 1 is 0.769 bits per heavy atom. The third-order valence-electron chi connectivity index (χ3n) is 4.85. The molecule has 0 fully saturated rings. The second kappa shape index (κ2) is 16.5. The van der Waals surface area contributed by atoms with E-state index in [1.54, 1.807) is 0 Å². The quantitative estimate of drug-likeness (QED) is 0.257. The Balaban J connectivity index is 3.49. The van der Waals surface area contributed by atoms with Crippen molar-refractivity contribution in [2.24, 2.45) is 0 Å². The van der Waals surface area contributed by atoms with Gasteiger partial charge in [-0.1, -0.05) is 84.0 Å². The summed E-state index contributed by atoms with van der Waals surface area (Å²) >= 11 is 0. The van der Waals surface area contributed by atoms with Crippen LogP contribution in [0.25, 0.3) is 0 Å². The van der Waals surface area contributed by atoms with Gasteiger partial charge in [0.25, 0.3) is 10.1 Å². The van der Waals surface area contributed by atoms with Crippen LogP contribution in [0.4, 0.5) is 0 Å². The summed E-state index contributed by atoms with van der Waals surface area (Å²) in [5.41, 5.74) is 0. The molecule has 0 aromatic heterocycles. The normalized spacial score (nSPS) is 11.7. The van der Waals surface area contributed by atoms with E-state index in [2.05, 4.69) is 6.92 Å². The molecule has 0 aromatic carbocycles. The Bertz CT molecular complexity index is 437. The summed E-state index contributed by atoms with van der Waals surface area (Å²) in [5, 5.41) is 0. The highest BCUT2D eigenvalue weighted by atomic mass is 32.2. The van der Waals surface area contributed by atoms with Crippen molar-refractivity contribution in [3.8, 4) is 0 Å². The number of unbranched alkanes of at least 4 members (excludes halogenated alkanes) is 12. The smallest absolute Gasteiger partial charge is 0.266 e. The molecule has 26 heavy (non-hydrogen) atoms. The second-order valence-corrected chi connectivity index (χ2v) is 8.82. The molecule has 0 saturated heterocycles. The summed E-state index contributed by atoms with van der Waals surface area (Å²) in [7, 11) is -4.01. The Morgan fingerprint density at radius 2 is 1.19 bits per heavy atom. The topological polar surface area (TPSA) is 74.7 Å². The van der Waals surface area contributed by atoms with Gasteiger partial charge >= 0.3 is 0 Å². The van der Waals surface area contributed by atoms with Gasteiger partial charge < -0.3 is 4.90 Å². The van der Waals surface area contributed by atoms with Gasteiger partial charge in [0.1, 0.15) is 0 Å². The third kappa shape index (κ3) is 16.8. The standard InChI is InChI=1S/C20H41NO4S/c1-3-5-6-7-8-9-10-11-12-13-14-15-16-17-20(22)21(4-2)18-19-26(23,24)25/h3-19H2,1-2H3,(H,23,24,25). The molecule has 0 unspecified atom stereocenters. The fourth-order valence-corrected chi connectivity index (χ4v) is 3.59. The number of carbonyl (C=O) groups is 1. The molecule has 1 amide bonds. The molecule has 0 aliphatic carbocycles. The van der Waals surface area contributed by atoms with E-state index in [0.717, 1.165) is 12.8 Å². The van der Waals surface area contributed by atoms with Gasteiger partial charge in [-0.3, -0.25) is 9.35 Å². The highest BCUT2D eigenvalue weighted by molar-refractivity contribution is 7.85. The number of rotatable bonds is 18. The van der Waals surface area contributed by atoms with E-state index in [0.29, 0.717) is 13.0 Å². The van der Waals surface area contributed by atoms with Gasteiger partial charge in [-0.2, -0.15) is 8.42 Å². The van der Waals surface area contributed by atoms with Gasteiger partial charge in [-0.05, 0) is 13.3 Å². The largest absolute Gasteiger partial charge is 0.342 e. The van der Waals surface area contributed by atoms with Gasteiger partial charge in [0.15, 0.2) is 0 Å². The molecule has 0 bridgehead atoms. The molecule has 0 aliphatic rings.